The molecule has 0 amide bonds. The molecule has 2 aromatic rings. The molecular weight excluding hydrogens is 252 g/mol. The number of aromatic nitrogens is 4. The highest BCUT2D eigenvalue weighted by molar-refractivity contribution is 6.31. The predicted octanol–water partition coefficient (Wildman–Crippen LogP) is 2.04. The number of rotatable bonds is 3. The predicted molar refractivity (Wildman–Crippen MR) is 68.5 cm³/mol. The fourth-order valence-corrected chi connectivity index (χ4v) is 2.13. The van der Waals surface area contributed by atoms with Crippen LogP contribution in [0.2, 0.25) is 5.02 Å². The van der Waals surface area contributed by atoms with Gasteiger partial charge in [-0.1, -0.05) is 11.6 Å². The Morgan fingerprint density at radius 1 is 1.39 bits per heavy atom. The Labute approximate surface area is 110 Å². The monoisotopic (exact) mass is 266 g/mol. The van der Waals surface area contributed by atoms with Crippen LogP contribution in [0.4, 0.5) is 0 Å². The van der Waals surface area contributed by atoms with Crippen LogP contribution in [0.5, 0.6) is 0 Å². The Hall–Kier alpha value is -1.46. The first-order chi connectivity index (χ1) is 8.54. The number of nitrogens with zero attached hydrogens (tertiary/aromatic N) is 4. The van der Waals surface area contributed by atoms with Gasteiger partial charge in [0.15, 0.2) is 0 Å². The van der Waals surface area contributed by atoms with E-state index in [-0.39, 0.29) is 0 Å². The van der Waals surface area contributed by atoms with Crippen molar-refractivity contribution in [3.8, 4) is 0 Å². The molecule has 1 N–H and O–H groups in total. The zero-order valence-electron chi connectivity index (χ0n) is 10.6. The van der Waals surface area contributed by atoms with Gasteiger partial charge < -0.3 is 5.11 Å². The van der Waals surface area contributed by atoms with Crippen molar-refractivity contribution < 1.29 is 5.11 Å². The lowest BCUT2D eigenvalue weighted by Gasteiger charge is -2.15. The first-order valence-corrected chi connectivity index (χ1v) is 6.12. The topological polar surface area (TPSA) is 63.8 Å². The third-order valence-electron chi connectivity index (χ3n) is 2.83. The molecule has 0 aliphatic carbocycles. The van der Waals surface area contributed by atoms with E-state index >= 15 is 0 Å². The summed E-state index contributed by atoms with van der Waals surface area (Å²) in [5.74, 6) is 0. The highest BCUT2D eigenvalue weighted by Crippen LogP contribution is 2.29. The molecule has 1 unspecified atom stereocenters. The van der Waals surface area contributed by atoms with Gasteiger partial charge >= 0.3 is 0 Å². The Kier molecular flexibility index (Phi) is 3.63. The average Bonchev–Trinajstić information content (AvgIpc) is 2.72. The van der Waals surface area contributed by atoms with E-state index in [0.717, 1.165) is 5.69 Å². The quantitative estimate of drug-likeness (QED) is 0.923. The Bertz CT molecular complexity index is 567. The third-order valence-corrected chi connectivity index (χ3v) is 3.12. The van der Waals surface area contributed by atoms with Gasteiger partial charge in [-0.2, -0.15) is 15.3 Å². The fraction of sp³-hybridized carbons (Fsp3) is 0.417. The minimum atomic E-state index is -0.839. The molecule has 1 atom stereocenters. The first kappa shape index (κ1) is 13.0. The molecule has 5 nitrogen and oxygen atoms in total. The van der Waals surface area contributed by atoms with E-state index in [1.165, 1.54) is 0 Å². The number of aliphatic hydroxyl groups is 1. The van der Waals surface area contributed by atoms with Gasteiger partial charge in [0.25, 0.3) is 0 Å². The Balaban J connectivity index is 2.50. The smallest absolute Gasteiger partial charge is 0.124 e. The van der Waals surface area contributed by atoms with Crippen molar-refractivity contribution in [1.82, 2.24) is 20.0 Å². The van der Waals surface area contributed by atoms with Crippen molar-refractivity contribution in [3.63, 3.8) is 0 Å². The van der Waals surface area contributed by atoms with Crippen LogP contribution in [0.3, 0.4) is 0 Å². The van der Waals surface area contributed by atoms with Crippen molar-refractivity contribution in [1.29, 1.82) is 0 Å². The molecule has 0 aliphatic heterocycles. The molecule has 0 aliphatic rings. The highest BCUT2D eigenvalue weighted by Gasteiger charge is 2.21. The largest absolute Gasteiger partial charge is 0.382 e. The summed E-state index contributed by atoms with van der Waals surface area (Å²) in [6.45, 7) is 6.24. The van der Waals surface area contributed by atoms with Gasteiger partial charge in [0.2, 0.25) is 0 Å². The summed E-state index contributed by atoms with van der Waals surface area (Å²) >= 11 is 6.08. The second kappa shape index (κ2) is 5.04. The van der Waals surface area contributed by atoms with Gasteiger partial charge in [0, 0.05) is 12.1 Å². The van der Waals surface area contributed by atoms with Gasteiger partial charge in [0.05, 0.1) is 28.3 Å². The van der Waals surface area contributed by atoms with Crippen molar-refractivity contribution in [3.05, 3.63) is 39.9 Å². The fourth-order valence-electron chi connectivity index (χ4n) is 1.89. The van der Waals surface area contributed by atoms with Gasteiger partial charge in [-0.25, -0.2) is 0 Å². The first-order valence-electron chi connectivity index (χ1n) is 5.74. The zero-order valence-corrected chi connectivity index (χ0v) is 11.3. The second-order valence-corrected chi connectivity index (χ2v) is 4.53. The summed E-state index contributed by atoms with van der Waals surface area (Å²) in [6, 6.07) is 1.82. The molecule has 2 aromatic heterocycles. The summed E-state index contributed by atoms with van der Waals surface area (Å²) in [7, 11) is 0. The molecule has 0 bridgehead atoms. The van der Waals surface area contributed by atoms with Crippen molar-refractivity contribution in [2.75, 3.05) is 0 Å². The molecule has 0 saturated heterocycles. The molecule has 0 radical (unpaired) electrons. The summed E-state index contributed by atoms with van der Waals surface area (Å²) in [4.78, 5) is 0. The van der Waals surface area contributed by atoms with Crippen LogP contribution >= 0.6 is 11.6 Å². The maximum Gasteiger partial charge on any atom is 0.124 e. The molecule has 0 aromatic carbocycles. The molecular formula is C12H15ClN4O. The molecule has 6 heteroatoms. The van der Waals surface area contributed by atoms with E-state index in [9.17, 15) is 5.11 Å². The summed E-state index contributed by atoms with van der Waals surface area (Å²) in [5, 5.41) is 23.0. The van der Waals surface area contributed by atoms with Crippen LogP contribution in [0.25, 0.3) is 0 Å². The zero-order chi connectivity index (χ0) is 13.3. The van der Waals surface area contributed by atoms with Gasteiger partial charge in [0.1, 0.15) is 6.10 Å². The minimum Gasteiger partial charge on any atom is -0.382 e. The molecule has 0 saturated carbocycles. The van der Waals surface area contributed by atoms with Crippen LogP contribution in [0.15, 0.2) is 12.3 Å². The summed E-state index contributed by atoms with van der Waals surface area (Å²) < 4.78 is 1.68. The Morgan fingerprint density at radius 3 is 2.78 bits per heavy atom. The molecule has 0 spiro atoms. The standard InChI is InChI=1S/C12H15ClN4O/c1-4-17-11(10(13)6-14-17)12(18)9-5-7(2)15-16-8(9)3/h5-6,12,18H,4H2,1-3H3. The van der Waals surface area contributed by atoms with Gasteiger partial charge in [-0.05, 0) is 26.8 Å². The SMILES string of the molecule is CCn1ncc(Cl)c1C(O)c1cc(C)nnc1C. The lowest BCUT2D eigenvalue weighted by Crippen LogP contribution is -2.12. The Morgan fingerprint density at radius 2 is 2.11 bits per heavy atom. The maximum absolute atomic E-state index is 10.5. The van der Waals surface area contributed by atoms with Crippen LogP contribution in [0, 0.1) is 13.8 Å². The van der Waals surface area contributed by atoms with Crippen LogP contribution in [-0.2, 0) is 6.54 Å². The molecule has 0 fully saturated rings. The number of hydrogen-bond acceptors (Lipinski definition) is 4. The molecule has 18 heavy (non-hydrogen) atoms. The van der Waals surface area contributed by atoms with Crippen LogP contribution in [0.1, 0.15) is 35.7 Å². The number of hydrogen-bond donors (Lipinski definition) is 1. The summed E-state index contributed by atoms with van der Waals surface area (Å²) in [6.07, 6.45) is 0.703. The average molecular weight is 267 g/mol. The van der Waals surface area contributed by atoms with Crippen molar-refractivity contribution in [2.24, 2.45) is 0 Å². The number of aryl methyl sites for hydroxylation is 3. The molecule has 96 valence electrons. The third kappa shape index (κ3) is 2.23. The van der Waals surface area contributed by atoms with E-state index in [1.54, 1.807) is 10.9 Å². The van der Waals surface area contributed by atoms with Crippen LogP contribution < -0.4 is 0 Å². The van der Waals surface area contributed by atoms with E-state index in [0.29, 0.717) is 28.5 Å². The van der Waals surface area contributed by atoms with Crippen molar-refractivity contribution in [2.45, 2.75) is 33.4 Å². The maximum atomic E-state index is 10.5. The number of halogens is 1. The lowest BCUT2D eigenvalue weighted by molar-refractivity contribution is 0.206. The highest BCUT2D eigenvalue weighted by atomic mass is 35.5. The summed E-state index contributed by atoms with van der Waals surface area (Å²) in [5.41, 5.74) is 2.75. The van der Waals surface area contributed by atoms with Gasteiger partial charge in [-0.3, -0.25) is 4.68 Å². The van der Waals surface area contributed by atoms with E-state index in [2.05, 4.69) is 15.3 Å². The molecule has 2 heterocycles. The van der Waals surface area contributed by atoms with Crippen molar-refractivity contribution >= 4 is 11.6 Å². The van der Waals surface area contributed by atoms with Gasteiger partial charge in [-0.15, -0.1) is 0 Å². The second-order valence-electron chi connectivity index (χ2n) is 4.12. The lowest BCUT2D eigenvalue weighted by atomic mass is 10.1. The van der Waals surface area contributed by atoms with Crippen LogP contribution in [-0.4, -0.2) is 25.1 Å². The van der Waals surface area contributed by atoms with E-state index in [1.807, 2.05) is 26.8 Å². The van der Waals surface area contributed by atoms with E-state index < -0.39 is 6.10 Å². The normalized spacial score (nSPS) is 12.7. The minimum absolute atomic E-state index is 0.457. The van der Waals surface area contributed by atoms with E-state index in [4.69, 9.17) is 11.6 Å². The molecule has 2 rings (SSSR count). The number of aliphatic hydroxyl groups excluding tert-OH is 1.